The molecule has 0 aromatic heterocycles. The average molecular weight is 988 g/mol. The number of benzene rings is 2. The van der Waals surface area contributed by atoms with E-state index < -0.39 is 59.7 Å². The third-order valence-corrected chi connectivity index (χ3v) is 11.4. The highest BCUT2D eigenvalue weighted by Crippen LogP contribution is 2.21. The Kier molecular flexibility index (Phi) is 41.8. The van der Waals surface area contributed by atoms with Gasteiger partial charge < -0.3 is 49.5 Å². The van der Waals surface area contributed by atoms with Crippen molar-refractivity contribution in [2.45, 2.75) is 178 Å². The highest BCUT2D eigenvalue weighted by atomic mass is 16.4. The summed E-state index contributed by atoms with van der Waals surface area (Å²) in [5.41, 5.74) is 25.6. The van der Waals surface area contributed by atoms with E-state index in [4.69, 9.17) is 22.9 Å². The first-order chi connectivity index (χ1) is 31.4. The normalized spacial score (nSPS) is 13.5. The van der Waals surface area contributed by atoms with E-state index in [1.165, 1.54) is 0 Å². The van der Waals surface area contributed by atoms with Gasteiger partial charge in [0, 0.05) is 43.6 Å². The third kappa shape index (κ3) is 29.3. The number of hydrogen-bond acceptors (Lipinski definition) is 11. The predicted octanol–water partition coefficient (Wildman–Crippen LogP) is 5.87. The number of ketones is 3. The van der Waals surface area contributed by atoms with Crippen LogP contribution in [-0.4, -0.2) is 95.4 Å². The lowest BCUT2D eigenvalue weighted by atomic mass is 9.88. The molecule has 0 aliphatic carbocycles. The van der Waals surface area contributed by atoms with Gasteiger partial charge in [-0.2, -0.15) is 0 Å². The highest BCUT2D eigenvalue weighted by Gasteiger charge is 2.32. The minimum atomic E-state index is -1.22. The third-order valence-electron chi connectivity index (χ3n) is 11.4. The fourth-order valence-electron chi connectivity index (χ4n) is 7.74. The molecule has 2 aromatic rings. The molecule has 0 saturated heterocycles. The number of carboxylic acid groups (broad SMARTS) is 1. The van der Waals surface area contributed by atoms with Gasteiger partial charge in [0.05, 0.1) is 18.1 Å². The second-order valence-electron chi connectivity index (χ2n) is 18.1. The van der Waals surface area contributed by atoms with Crippen LogP contribution in [0.15, 0.2) is 60.7 Å². The van der Waals surface area contributed by atoms with E-state index in [-0.39, 0.29) is 101 Å². The molecule has 0 aliphatic rings. The lowest BCUT2D eigenvalue weighted by molar-refractivity contribution is -0.143. The fourth-order valence-corrected chi connectivity index (χ4v) is 7.74. The first-order valence-electron chi connectivity index (χ1n) is 24.1. The van der Waals surface area contributed by atoms with Gasteiger partial charge in [0.25, 0.3) is 0 Å². The first kappa shape index (κ1) is 71.7. The Morgan fingerprint density at radius 2 is 0.957 bits per heavy atom. The zero-order valence-electron chi connectivity index (χ0n) is 41.1. The first-order valence-corrected chi connectivity index (χ1v) is 24.1. The molecule has 16 nitrogen and oxygen atoms in total. The van der Waals surface area contributed by atoms with E-state index in [1.807, 2.05) is 102 Å². The maximum atomic E-state index is 14.0. The zero-order valence-corrected chi connectivity index (χ0v) is 41.1. The van der Waals surface area contributed by atoms with Crippen molar-refractivity contribution in [1.82, 2.24) is 16.0 Å². The van der Waals surface area contributed by atoms with Crippen molar-refractivity contribution in [2.75, 3.05) is 19.6 Å². The quantitative estimate of drug-likeness (QED) is 0.0382. The molecule has 16 heteroatoms. The molecule has 0 unspecified atom stereocenters. The summed E-state index contributed by atoms with van der Waals surface area (Å²) in [6, 6.07) is 15.1. The summed E-state index contributed by atoms with van der Waals surface area (Å²) < 4.78 is 0. The summed E-state index contributed by atoms with van der Waals surface area (Å²) in [5.74, 6) is -5.43. The van der Waals surface area contributed by atoms with Crippen molar-refractivity contribution in [1.29, 1.82) is 0 Å². The maximum Gasteiger partial charge on any atom is 0.326 e. The summed E-state index contributed by atoms with van der Waals surface area (Å²) in [5, 5.41) is 18.3. The number of carboxylic acids is 1. The van der Waals surface area contributed by atoms with E-state index >= 15 is 0 Å². The van der Waals surface area contributed by atoms with Crippen LogP contribution in [0, 0.1) is 29.6 Å². The van der Waals surface area contributed by atoms with Crippen LogP contribution in [0.3, 0.4) is 0 Å². The number of nitrogens with two attached hydrogens (primary N) is 4. The van der Waals surface area contributed by atoms with Gasteiger partial charge in [0.2, 0.25) is 17.7 Å². The van der Waals surface area contributed by atoms with Gasteiger partial charge in [-0.05, 0) is 107 Å². The molecule has 7 atom stereocenters. The molecule has 0 fully saturated rings. The van der Waals surface area contributed by atoms with Crippen LogP contribution in [-0.2, 0) is 46.4 Å². The van der Waals surface area contributed by atoms with Gasteiger partial charge in [-0.3, -0.25) is 28.8 Å². The largest absolute Gasteiger partial charge is 0.480 e. The Morgan fingerprint density at radius 3 is 1.44 bits per heavy atom. The monoisotopic (exact) mass is 988 g/mol. The number of Topliss-reactive ketones (excluding diaryl/α,β-unsaturated/α-hetero) is 3. The number of nitrogens with one attached hydrogen (secondary N) is 3. The SMILES string of the molecule is C.C.C.CC.CC(C)C[C@@H](N)C(=O)C[C@H](CCCN)C(=O)N[C@H](CCCCNC(=O)[C@@H](CCCN)CC(=O)[C@@H](CC(C)C)NC(=O)[C@H](CC(=O)[C@H](N)Cc1ccccc1)Cc1ccccc1)C(=O)O.O. The number of carbonyl (C=O) groups excluding carboxylic acids is 6. The van der Waals surface area contributed by atoms with Crippen molar-refractivity contribution in [3.63, 3.8) is 0 Å². The molecule has 2 rings (SSSR count). The molecule has 2 aromatic carbocycles. The van der Waals surface area contributed by atoms with Gasteiger partial charge in [-0.1, -0.05) is 124 Å². The van der Waals surface area contributed by atoms with Crippen molar-refractivity contribution < 1.29 is 44.1 Å². The van der Waals surface area contributed by atoms with E-state index in [0.717, 1.165) is 11.1 Å². The molecule has 0 saturated carbocycles. The number of amides is 3. The summed E-state index contributed by atoms with van der Waals surface area (Å²) in [4.78, 5) is 93.2. The average Bonchev–Trinajstić information content (AvgIpc) is 3.28. The van der Waals surface area contributed by atoms with Crippen molar-refractivity contribution in [2.24, 2.45) is 52.5 Å². The number of rotatable bonds is 34. The van der Waals surface area contributed by atoms with Gasteiger partial charge in [-0.25, -0.2) is 4.79 Å². The van der Waals surface area contributed by atoms with Crippen LogP contribution >= 0.6 is 0 Å². The Balaban J connectivity index is -0.00000358. The number of carbonyl (C=O) groups is 7. The Bertz CT molecular complexity index is 1750. The Labute approximate surface area is 421 Å². The smallest absolute Gasteiger partial charge is 0.326 e. The highest BCUT2D eigenvalue weighted by molar-refractivity contribution is 5.95. The summed E-state index contributed by atoms with van der Waals surface area (Å²) >= 11 is 0. The molecule has 402 valence electrons. The Hall–Kier alpha value is -4.87. The number of aliphatic carboxylic acids is 1. The molecule has 0 spiro atoms. The molecule has 70 heavy (non-hydrogen) atoms. The number of unbranched alkanes of at least 4 members (excludes halogenated alkanes) is 1. The van der Waals surface area contributed by atoms with Crippen LogP contribution in [0.1, 0.15) is 152 Å². The lowest BCUT2D eigenvalue weighted by Gasteiger charge is -2.25. The molecular weight excluding hydrogens is 891 g/mol. The molecule has 0 heterocycles. The Morgan fingerprint density at radius 1 is 0.529 bits per heavy atom. The second-order valence-corrected chi connectivity index (χ2v) is 18.1. The zero-order chi connectivity index (χ0) is 49.6. The molecule has 3 amide bonds. The molecule has 14 N–H and O–H groups in total. The van der Waals surface area contributed by atoms with Crippen LogP contribution in [0.25, 0.3) is 0 Å². The van der Waals surface area contributed by atoms with Gasteiger partial charge in [0.15, 0.2) is 11.6 Å². The predicted molar refractivity (Wildman–Crippen MR) is 285 cm³/mol. The second kappa shape index (κ2) is 40.8. The summed E-state index contributed by atoms with van der Waals surface area (Å²) in [6.07, 6.45) is 3.50. The van der Waals surface area contributed by atoms with Crippen LogP contribution in [0.2, 0.25) is 0 Å². The van der Waals surface area contributed by atoms with Crippen LogP contribution in [0.5, 0.6) is 0 Å². The molecule has 0 bridgehead atoms. The topological polar surface area (TPSA) is 311 Å². The van der Waals surface area contributed by atoms with Gasteiger partial charge >= 0.3 is 5.97 Å². The van der Waals surface area contributed by atoms with E-state index in [0.29, 0.717) is 70.9 Å². The lowest BCUT2D eigenvalue weighted by Crippen LogP contribution is -2.47. The molecular formula is C54H97N7O9. The van der Waals surface area contributed by atoms with Crippen LogP contribution in [0.4, 0.5) is 0 Å². The van der Waals surface area contributed by atoms with Crippen molar-refractivity contribution in [3.05, 3.63) is 71.8 Å². The van der Waals surface area contributed by atoms with E-state index in [1.54, 1.807) is 0 Å². The van der Waals surface area contributed by atoms with Gasteiger partial charge in [-0.15, -0.1) is 0 Å². The molecule has 0 aliphatic heterocycles. The molecule has 0 radical (unpaired) electrons. The standard InChI is InChI=1S/C49H77N7O8.C2H6.3CH4.H2O/c1-32(2)25-39(52)43(57)29-37(20-14-23-51)47(61)55-41(49(63)64)21-11-12-24-54-46(60)36(19-13-22-50)30-45(59)42(26-33(3)4)56-48(62)38(27-34-15-7-5-8-16-34)31-44(58)40(53)28-35-17-9-6-10-18-35;1-2;;;;/h5-10,15-18,32-33,36-42H,11-14,19-31,50-53H2,1-4H3,(H,54,60)(H,55,61)(H,56,62)(H,63,64);1-2H3;3*1H4;1H2/t36-,37-,38-,39+,40+,41+,42+;;;;;/m0...../s1. The van der Waals surface area contributed by atoms with E-state index in [2.05, 4.69) is 16.0 Å². The van der Waals surface area contributed by atoms with Crippen molar-refractivity contribution in [3.8, 4) is 0 Å². The minimum absolute atomic E-state index is 0. The van der Waals surface area contributed by atoms with Gasteiger partial charge in [0.1, 0.15) is 11.8 Å². The summed E-state index contributed by atoms with van der Waals surface area (Å²) in [6.45, 7) is 12.6. The maximum absolute atomic E-state index is 14.0. The van der Waals surface area contributed by atoms with Crippen LogP contribution < -0.4 is 38.9 Å². The number of hydrogen-bond donors (Lipinski definition) is 8. The minimum Gasteiger partial charge on any atom is -0.480 e. The fraction of sp³-hybridized carbons (Fsp3) is 0.648. The van der Waals surface area contributed by atoms with Crippen molar-refractivity contribution >= 4 is 41.0 Å². The summed E-state index contributed by atoms with van der Waals surface area (Å²) in [7, 11) is 0. The van der Waals surface area contributed by atoms with E-state index in [9.17, 15) is 38.7 Å².